The highest BCUT2D eigenvalue weighted by atomic mass is 32.3. The number of azo groups is 1. The van der Waals surface area contributed by atoms with Gasteiger partial charge in [0.15, 0.2) is 0 Å². The van der Waals surface area contributed by atoms with Crippen LogP contribution in [0.2, 0.25) is 0 Å². The summed E-state index contributed by atoms with van der Waals surface area (Å²) in [6, 6.07) is 18.3. The van der Waals surface area contributed by atoms with Gasteiger partial charge in [0, 0.05) is 26.3 Å². The van der Waals surface area contributed by atoms with Crippen LogP contribution in [0, 0.1) is 0 Å². The van der Waals surface area contributed by atoms with Crippen molar-refractivity contribution >= 4 is 27.7 Å². The molecule has 0 aliphatic rings. The first kappa shape index (κ1) is 25.1. The topological polar surface area (TPSA) is 111 Å². The maximum atomic E-state index is 10.4. The number of nitrogens with zero attached hydrogens (tertiary/aromatic N) is 6. The van der Waals surface area contributed by atoms with E-state index in [-0.39, 0.29) is 13.2 Å². The maximum absolute atomic E-state index is 10.4. The highest BCUT2D eigenvalue weighted by Crippen LogP contribution is 2.21. The first-order chi connectivity index (χ1) is 15.3. The first-order valence-corrected chi connectivity index (χ1v) is 11.3. The molecule has 1 aromatic heterocycles. The third-order valence-electron chi connectivity index (χ3n) is 4.02. The van der Waals surface area contributed by atoms with Gasteiger partial charge in [-0.3, -0.25) is 0 Å². The van der Waals surface area contributed by atoms with Crippen LogP contribution in [0.4, 0.5) is 17.3 Å². The Morgan fingerprint density at radius 1 is 0.969 bits per heavy atom. The normalized spacial score (nSPS) is 11.2. The number of aromatic nitrogens is 3. The van der Waals surface area contributed by atoms with E-state index >= 15 is 0 Å². The van der Waals surface area contributed by atoms with Crippen molar-refractivity contribution in [3.63, 3.8) is 0 Å². The minimum atomic E-state index is -3.68. The Morgan fingerprint density at radius 2 is 1.59 bits per heavy atom. The fraction of sp³-hybridized carbons (Fsp3) is 0.333. The largest absolute Gasteiger partial charge is 0.399 e. The molecule has 0 fully saturated rings. The smallest absolute Gasteiger partial charge is 0.370 e. The number of rotatable bonds is 9. The van der Waals surface area contributed by atoms with Gasteiger partial charge < -0.3 is 9.47 Å². The fourth-order valence-electron chi connectivity index (χ4n) is 2.52. The Kier molecular flexibility index (Phi) is 9.92. The average molecular weight is 461 g/mol. The van der Waals surface area contributed by atoms with Gasteiger partial charge in [-0.1, -0.05) is 30.3 Å². The van der Waals surface area contributed by atoms with E-state index in [0.29, 0.717) is 5.95 Å². The second kappa shape index (κ2) is 12.6. The molecule has 0 N–H and O–H groups in total. The Balaban J connectivity index is 0.000000344. The van der Waals surface area contributed by atoms with Crippen LogP contribution in [-0.2, 0) is 32.4 Å². The summed E-state index contributed by atoms with van der Waals surface area (Å²) in [5.41, 5.74) is 3.19. The molecule has 3 rings (SSSR count). The molecule has 11 heteroatoms. The van der Waals surface area contributed by atoms with Crippen LogP contribution in [0.1, 0.15) is 19.4 Å². The van der Waals surface area contributed by atoms with E-state index in [2.05, 4.69) is 65.0 Å². The lowest BCUT2D eigenvalue weighted by atomic mass is 10.2. The summed E-state index contributed by atoms with van der Waals surface area (Å²) in [6.07, 6.45) is 1.59. The standard InChI is InChI=1S/C17H18N6.C4H10O4S/c1-22(12-14-6-4-3-5-7-14)16-10-8-15(9-11-16)19-21-17-20-18-13-23(17)2;1-3-7-9(5,6)8-4-2/h3-11,13H,12H2,1-2H3;3-4H2,1-2H3. The minimum Gasteiger partial charge on any atom is -0.370 e. The van der Waals surface area contributed by atoms with E-state index in [1.807, 2.05) is 37.4 Å². The lowest BCUT2D eigenvalue weighted by molar-refractivity contribution is 0.231. The van der Waals surface area contributed by atoms with Crippen LogP contribution in [0.5, 0.6) is 0 Å². The van der Waals surface area contributed by atoms with E-state index < -0.39 is 10.4 Å². The van der Waals surface area contributed by atoms with E-state index in [0.717, 1.165) is 17.9 Å². The van der Waals surface area contributed by atoms with Crippen LogP contribution in [0.3, 0.4) is 0 Å². The number of anilines is 1. The Hall–Kier alpha value is -3.15. The minimum absolute atomic E-state index is 0.113. The lowest BCUT2D eigenvalue weighted by Gasteiger charge is -2.19. The Labute approximate surface area is 188 Å². The molecule has 0 saturated carbocycles. The lowest BCUT2D eigenvalue weighted by Crippen LogP contribution is -2.15. The van der Waals surface area contributed by atoms with Gasteiger partial charge in [-0.2, -0.15) is 8.42 Å². The molecule has 0 saturated heterocycles. The van der Waals surface area contributed by atoms with E-state index in [4.69, 9.17) is 0 Å². The highest BCUT2D eigenvalue weighted by molar-refractivity contribution is 7.81. The second-order valence-corrected chi connectivity index (χ2v) is 7.81. The third kappa shape index (κ3) is 8.53. The van der Waals surface area contributed by atoms with E-state index in [1.54, 1.807) is 24.7 Å². The third-order valence-corrected chi connectivity index (χ3v) is 5.07. The predicted molar refractivity (Wildman–Crippen MR) is 122 cm³/mol. The molecular weight excluding hydrogens is 432 g/mol. The molecule has 172 valence electrons. The van der Waals surface area contributed by atoms with Gasteiger partial charge in [-0.15, -0.1) is 20.4 Å². The van der Waals surface area contributed by atoms with Gasteiger partial charge in [0.1, 0.15) is 6.33 Å². The quantitative estimate of drug-likeness (QED) is 0.441. The molecule has 0 atom stereocenters. The van der Waals surface area contributed by atoms with Crippen LogP contribution in [-0.4, -0.2) is 43.4 Å². The van der Waals surface area contributed by atoms with E-state index in [1.165, 1.54) is 5.56 Å². The van der Waals surface area contributed by atoms with Gasteiger partial charge in [0.25, 0.3) is 5.95 Å². The summed E-state index contributed by atoms with van der Waals surface area (Å²) in [6.45, 7) is 4.25. The molecule has 3 aromatic rings. The van der Waals surface area contributed by atoms with Gasteiger partial charge >= 0.3 is 10.4 Å². The Bertz CT molecular complexity index is 1060. The van der Waals surface area contributed by atoms with Gasteiger partial charge in [-0.05, 0) is 43.7 Å². The molecule has 0 unspecified atom stereocenters. The molecule has 2 aromatic carbocycles. The predicted octanol–water partition coefficient (Wildman–Crippen LogP) is 4.17. The first-order valence-electron chi connectivity index (χ1n) is 9.99. The summed E-state index contributed by atoms with van der Waals surface area (Å²) in [5.74, 6) is 0.482. The molecular formula is C21H28N6O4S. The number of hydrogen-bond donors (Lipinski definition) is 0. The van der Waals surface area contributed by atoms with Crippen molar-refractivity contribution in [1.29, 1.82) is 0 Å². The molecule has 1 heterocycles. The number of benzene rings is 2. The zero-order chi connectivity index (χ0) is 23.4. The van der Waals surface area contributed by atoms with Gasteiger partial charge in [0.2, 0.25) is 0 Å². The molecule has 0 aliphatic carbocycles. The van der Waals surface area contributed by atoms with Crippen LogP contribution < -0.4 is 4.90 Å². The molecule has 0 spiro atoms. The number of hydrogen-bond acceptors (Lipinski definition) is 9. The molecule has 0 amide bonds. The monoisotopic (exact) mass is 460 g/mol. The molecule has 0 radical (unpaired) electrons. The van der Waals surface area contributed by atoms with Crippen molar-refractivity contribution in [2.45, 2.75) is 20.4 Å². The molecule has 10 nitrogen and oxygen atoms in total. The van der Waals surface area contributed by atoms with Crippen molar-refractivity contribution in [3.05, 3.63) is 66.5 Å². The van der Waals surface area contributed by atoms with Crippen LogP contribution in [0.15, 0.2) is 71.2 Å². The maximum Gasteiger partial charge on any atom is 0.399 e. The van der Waals surface area contributed by atoms with Crippen molar-refractivity contribution in [2.24, 2.45) is 17.3 Å². The van der Waals surface area contributed by atoms with E-state index in [9.17, 15) is 8.42 Å². The summed E-state index contributed by atoms with van der Waals surface area (Å²) in [7, 11) is 0.220. The van der Waals surface area contributed by atoms with Crippen molar-refractivity contribution < 1.29 is 16.8 Å². The SMILES string of the molecule is CCOS(=O)(=O)OCC.CN(Cc1ccccc1)c1ccc(N=Nc2nncn2C)cc1. The number of aryl methyl sites for hydroxylation is 1. The summed E-state index contributed by atoms with van der Waals surface area (Å²) in [5, 5.41) is 15.9. The molecule has 0 bridgehead atoms. The summed E-state index contributed by atoms with van der Waals surface area (Å²) < 4.78 is 30.9. The summed E-state index contributed by atoms with van der Waals surface area (Å²) in [4.78, 5) is 2.19. The zero-order valence-electron chi connectivity index (χ0n) is 18.6. The van der Waals surface area contributed by atoms with Crippen LogP contribution >= 0.6 is 0 Å². The molecule has 32 heavy (non-hydrogen) atoms. The second-order valence-electron chi connectivity index (χ2n) is 6.52. The van der Waals surface area contributed by atoms with Crippen molar-refractivity contribution in [1.82, 2.24) is 14.8 Å². The van der Waals surface area contributed by atoms with Crippen molar-refractivity contribution in [3.8, 4) is 0 Å². The average Bonchev–Trinajstić information content (AvgIpc) is 3.18. The highest BCUT2D eigenvalue weighted by Gasteiger charge is 2.07. The van der Waals surface area contributed by atoms with Gasteiger partial charge in [-0.25, -0.2) is 8.37 Å². The van der Waals surface area contributed by atoms with Gasteiger partial charge in [0.05, 0.1) is 18.9 Å². The molecule has 0 aliphatic heterocycles. The van der Waals surface area contributed by atoms with Crippen LogP contribution in [0.25, 0.3) is 0 Å². The Morgan fingerprint density at radius 3 is 2.12 bits per heavy atom. The zero-order valence-corrected chi connectivity index (χ0v) is 19.4. The fourth-order valence-corrected chi connectivity index (χ4v) is 3.16. The summed E-state index contributed by atoms with van der Waals surface area (Å²) >= 11 is 0. The van der Waals surface area contributed by atoms with Crippen molar-refractivity contribution in [2.75, 3.05) is 25.2 Å².